The van der Waals surface area contributed by atoms with Crippen LogP contribution in [-0.2, 0) is 34.1 Å². The number of nitrogens with two attached hydrogens (primary N) is 1. The second-order valence-corrected chi connectivity index (χ2v) is 9.43. The highest BCUT2D eigenvalue weighted by Crippen LogP contribution is 2.36. The fraction of sp³-hybridized carbons (Fsp3) is 0.154. The van der Waals surface area contributed by atoms with E-state index >= 15 is 0 Å². The molecule has 3 aromatic carbocycles. The van der Waals surface area contributed by atoms with Gasteiger partial charge in [-0.2, -0.15) is 0 Å². The average Bonchev–Trinajstić information content (AvgIpc) is 3.26. The third kappa shape index (κ3) is 5.59. The zero-order valence-corrected chi connectivity index (χ0v) is 19.2. The van der Waals surface area contributed by atoms with Crippen LogP contribution in [0, 0.1) is 0 Å². The number of aryl methyl sites for hydroxylation is 3. The van der Waals surface area contributed by atoms with E-state index in [-0.39, 0.29) is 11.3 Å². The summed E-state index contributed by atoms with van der Waals surface area (Å²) in [6.45, 7) is 0. The van der Waals surface area contributed by atoms with Gasteiger partial charge in [-0.15, -0.1) is 0 Å². The number of sulfonamides is 1. The number of hydrogen-bond acceptors (Lipinski definition) is 5. The smallest absolute Gasteiger partial charge is 0.303 e. The maximum absolute atomic E-state index is 12.2. The molecule has 0 amide bonds. The van der Waals surface area contributed by atoms with Crippen molar-refractivity contribution in [2.24, 2.45) is 5.14 Å². The lowest BCUT2D eigenvalue weighted by atomic mass is 10.0. The predicted molar refractivity (Wildman–Crippen MR) is 129 cm³/mol. The van der Waals surface area contributed by atoms with E-state index in [1.54, 1.807) is 18.2 Å². The molecule has 1 aromatic heterocycles. The zero-order chi connectivity index (χ0) is 24.1. The van der Waals surface area contributed by atoms with Gasteiger partial charge in [0, 0.05) is 24.0 Å². The van der Waals surface area contributed by atoms with Gasteiger partial charge in [-0.3, -0.25) is 4.79 Å². The Balaban J connectivity index is 1.63. The van der Waals surface area contributed by atoms with Crippen molar-refractivity contribution in [1.82, 2.24) is 4.98 Å². The molecule has 0 aliphatic heterocycles. The number of primary sulfonamides is 1. The Kier molecular flexibility index (Phi) is 6.90. The number of hydrogen-bond donors (Lipinski definition) is 2. The lowest BCUT2D eigenvalue weighted by Gasteiger charge is -2.06. The van der Waals surface area contributed by atoms with Gasteiger partial charge < -0.3 is 9.52 Å². The van der Waals surface area contributed by atoms with Crippen molar-refractivity contribution in [3.05, 3.63) is 95.9 Å². The summed E-state index contributed by atoms with van der Waals surface area (Å²) in [6.07, 6.45) is 1.75. The molecule has 0 aliphatic rings. The molecule has 8 heteroatoms. The second-order valence-electron chi connectivity index (χ2n) is 7.90. The van der Waals surface area contributed by atoms with Crippen molar-refractivity contribution in [2.45, 2.75) is 30.6 Å². The van der Waals surface area contributed by atoms with Crippen LogP contribution >= 0.6 is 0 Å². The van der Waals surface area contributed by atoms with Crippen molar-refractivity contribution >= 4 is 16.0 Å². The first-order valence-electron chi connectivity index (χ1n) is 10.8. The SMILES string of the molecule is NS(=O)(=O)c1ccccc1-c1oc(CCc2ccc(CCC(=O)O)cc2)nc1-c1ccccc1. The van der Waals surface area contributed by atoms with E-state index < -0.39 is 16.0 Å². The molecule has 0 fully saturated rings. The first kappa shape index (κ1) is 23.4. The van der Waals surface area contributed by atoms with Crippen molar-refractivity contribution in [3.8, 4) is 22.6 Å². The Morgan fingerprint density at radius 1 is 0.853 bits per heavy atom. The Labute approximate surface area is 197 Å². The molecule has 0 unspecified atom stereocenters. The molecule has 0 radical (unpaired) electrons. The summed E-state index contributed by atoms with van der Waals surface area (Å²) in [6, 6.07) is 23.7. The molecule has 7 nitrogen and oxygen atoms in total. The van der Waals surface area contributed by atoms with Crippen LogP contribution in [0.1, 0.15) is 23.4 Å². The lowest BCUT2D eigenvalue weighted by molar-refractivity contribution is -0.136. The number of carbonyl (C=O) groups is 1. The van der Waals surface area contributed by atoms with Crippen molar-refractivity contribution in [2.75, 3.05) is 0 Å². The quantitative estimate of drug-likeness (QED) is 0.368. The maximum atomic E-state index is 12.2. The molecule has 4 rings (SSSR count). The molecule has 174 valence electrons. The van der Waals surface area contributed by atoms with E-state index in [4.69, 9.17) is 19.6 Å². The minimum Gasteiger partial charge on any atom is -0.481 e. The molecule has 0 saturated carbocycles. The van der Waals surface area contributed by atoms with E-state index in [1.165, 1.54) is 6.07 Å². The van der Waals surface area contributed by atoms with Gasteiger partial charge in [-0.1, -0.05) is 66.7 Å². The molecule has 0 bridgehead atoms. The Bertz CT molecular complexity index is 1390. The first-order valence-corrected chi connectivity index (χ1v) is 12.3. The van der Waals surface area contributed by atoms with Crippen LogP contribution in [0.25, 0.3) is 22.6 Å². The predicted octanol–water partition coefficient (Wildman–Crippen LogP) is 4.46. The van der Waals surface area contributed by atoms with Crippen LogP contribution in [0.4, 0.5) is 0 Å². The van der Waals surface area contributed by atoms with Gasteiger partial charge in [0.05, 0.1) is 4.90 Å². The molecule has 4 aromatic rings. The van der Waals surface area contributed by atoms with Gasteiger partial charge in [0.1, 0.15) is 5.69 Å². The van der Waals surface area contributed by atoms with Gasteiger partial charge in [-0.05, 0) is 36.1 Å². The van der Waals surface area contributed by atoms with Crippen molar-refractivity contribution in [1.29, 1.82) is 0 Å². The number of rotatable bonds is 9. The first-order chi connectivity index (χ1) is 16.3. The normalized spacial score (nSPS) is 11.4. The summed E-state index contributed by atoms with van der Waals surface area (Å²) in [5.41, 5.74) is 3.75. The van der Waals surface area contributed by atoms with E-state index in [1.807, 2.05) is 54.6 Å². The number of nitrogens with zero attached hydrogens (tertiary/aromatic N) is 1. The molecular formula is C26H24N2O5S. The van der Waals surface area contributed by atoms with Gasteiger partial charge in [0.2, 0.25) is 10.0 Å². The minimum atomic E-state index is -3.97. The third-order valence-corrected chi connectivity index (χ3v) is 6.40. The van der Waals surface area contributed by atoms with Crippen LogP contribution in [0.5, 0.6) is 0 Å². The standard InChI is InChI=1S/C26H24N2O5S/c27-34(31,32)22-9-5-4-8-21(22)26-25(20-6-2-1-3-7-20)28-23(33-26)16-14-18-10-12-19(13-11-18)15-17-24(29)30/h1-13H,14-17H2,(H,29,30)(H2,27,31,32). The fourth-order valence-corrected chi connectivity index (χ4v) is 4.46. The van der Waals surface area contributed by atoms with Crippen LogP contribution in [0.3, 0.4) is 0 Å². The maximum Gasteiger partial charge on any atom is 0.303 e. The molecule has 0 saturated heterocycles. The number of benzene rings is 3. The highest BCUT2D eigenvalue weighted by Gasteiger charge is 2.23. The van der Waals surface area contributed by atoms with Crippen molar-refractivity contribution < 1.29 is 22.7 Å². The Morgan fingerprint density at radius 3 is 2.12 bits per heavy atom. The number of carboxylic acid groups (broad SMARTS) is 1. The van der Waals surface area contributed by atoms with E-state index in [0.717, 1.165) is 16.7 Å². The summed E-state index contributed by atoms with van der Waals surface area (Å²) in [4.78, 5) is 15.4. The zero-order valence-electron chi connectivity index (χ0n) is 18.3. The van der Waals surface area contributed by atoms with Gasteiger partial charge in [0.15, 0.2) is 11.7 Å². The molecule has 0 spiro atoms. The van der Waals surface area contributed by atoms with Crippen LogP contribution < -0.4 is 5.14 Å². The number of carboxylic acids is 1. The molecule has 1 heterocycles. The van der Waals surface area contributed by atoms with E-state index in [0.29, 0.717) is 42.2 Å². The average molecular weight is 477 g/mol. The van der Waals surface area contributed by atoms with E-state index in [9.17, 15) is 13.2 Å². The van der Waals surface area contributed by atoms with Gasteiger partial charge >= 0.3 is 5.97 Å². The highest BCUT2D eigenvalue weighted by atomic mass is 32.2. The topological polar surface area (TPSA) is 123 Å². The molecule has 0 aliphatic carbocycles. The molecule has 3 N–H and O–H groups in total. The van der Waals surface area contributed by atoms with E-state index in [2.05, 4.69) is 0 Å². The fourth-order valence-electron chi connectivity index (χ4n) is 3.72. The number of oxazole rings is 1. The minimum absolute atomic E-state index is 0.0215. The van der Waals surface area contributed by atoms with Gasteiger partial charge in [-0.25, -0.2) is 18.5 Å². The number of aromatic nitrogens is 1. The monoisotopic (exact) mass is 476 g/mol. The summed E-state index contributed by atoms with van der Waals surface area (Å²) in [7, 11) is -3.97. The second kappa shape index (κ2) is 10.0. The summed E-state index contributed by atoms with van der Waals surface area (Å²) < 4.78 is 30.5. The number of aliphatic carboxylic acids is 1. The van der Waals surface area contributed by atoms with Crippen LogP contribution in [0.15, 0.2) is 88.2 Å². The Hall–Kier alpha value is -3.75. The van der Waals surface area contributed by atoms with Crippen LogP contribution in [0.2, 0.25) is 0 Å². The largest absolute Gasteiger partial charge is 0.481 e. The summed E-state index contributed by atoms with van der Waals surface area (Å²) in [5, 5.41) is 14.3. The Morgan fingerprint density at radius 2 is 1.47 bits per heavy atom. The van der Waals surface area contributed by atoms with Crippen molar-refractivity contribution in [3.63, 3.8) is 0 Å². The lowest BCUT2D eigenvalue weighted by Crippen LogP contribution is -2.13. The molecule has 0 atom stereocenters. The molecule has 34 heavy (non-hydrogen) atoms. The summed E-state index contributed by atoms with van der Waals surface area (Å²) >= 11 is 0. The van der Waals surface area contributed by atoms with Gasteiger partial charge in [0.25, 0.3) is 0 Å². The molecular weight excluding hydrogens is 452 g/mol. The highest BCUT2D eigenvalue weighted by molar-refractivity contribution is 7.89. The summed E-state index contributed by atoms with van der Waals surface area (Å²) in [5.74, 6) is 0.0184. The third-order valence-electron chi connectivity index (χ3n) is 5.43. The van der Waals surface area contributed by atoms with Crippen LogP contribution in [-0.4, -0.2) is 24.5 Å².